The highest BCUT2D eigenvalue weighted by atomic mass is 35.5. The second kappa shape index (κ2) is 12.0. The molecule has 0 bridgehead atoms. The average Bonchev–Trinajstić information content (AvgIpc) is 2.73. The number of carbonyl (C=O) groups excluding carboxylic acids is 2. The molecule has 0 aliphatic carbocycles. The highest BCUT2D eigenvalue weighted by Gasteiger charge is 2.31. The molecule has 2 rings (SSSR count). The van der Waals surface area contributed by atoms with E-state index in [1.165, 1.54) is 0 Å². The molecule has 4 nitrogen and oxygen atoms in total. The molecule has 30 heavy (non-hydrogen) atoms. The summed E-state index contributed by atoms with van der Waals surface area (Å²) in [4.78, 5) is 28.0. The summed E-state index contributed by atoms with van der Waals surface area (Å²) < 4.78 is 0. The number of hydrogen-bond acceptors (Lipinski definition) is 2. The van der Waals surface area contributed by atoms with Crippen molar-refractivity contribution in [3.05, 3.63) is 69.7 Å². The largest absolute Gasteiger partial charge is 0.352 e. The van der Waals surface area contributed by atoms with Gasteiger partial charge in [0.1, 0.15) is 6.04 Å². The first-order chi connectivity index (χ1) is 14.4. The van der Waals surface area contributed by atoms with E-state index < -0.39 is 6.04 Å². The van der Waals surface area contributed by atoms with E-state index in [9.17, 15) is 9.59 Å². The summed E-state index contributed by atoms with van der Waals surface area (Å²) in [6.07, 6.45) is 2.27. The minimum atomic E-state index is -0.659. The zero-order chi connectivity index (χ0) is 22.1. The number of nitrogens with one attached hydrogen (secondary N) is 1. The van der Waals surface area contributed by atoms with Gasteiger partial charge in [-0.2, -0.15) is 0 Å². The van der Waals surface area contributed by atoms with Crippen LogP contribution in [-0.4, -0.2) is 28.8 Å². The van der Waals surface area contributed by atoms with Gasteiger partial charge >= 0.3 is 0 Å². The lowest BCUT2D eigenvalue weighted by molar-refractivity contribution is -0.141. The van der Waals surface area contributed by atoms with Gasteiger partial charge in [-0.05, 0) is 37.5 Å². The van der Waals surface area contributed by atoms with Gasteiger partial charge in [0.25, 0.3) is 0 Å². The molecule has 0 unspecified atom stereocenters. The van der Waals surface area contributed by atoms with E-state index >= 15 is 0 Å². The van der Waals surface area contributed by atoms with Gasteiger partial charge in [0.2, 0.25) is 11.8 Å². The van der Waals surface area contributed by atoms with E-state index in [0.29, 0.717) is 34.9 Å². The molecule has 2 aromatic carbocycles. The Bertz CT molecular complexity index is 822. The van der Waals surface area contributed by atoms with Crippen LogP contribution in [-0.2, 0) is 22.6 Å². The number of hydrogen-bond donors (Lipinski definition) is 1. The fraction of sp³-hybridized carbons (Fsp3) is 0.417. The van der Waals surface area contributed by atoms with Crippen molar-refractivity contribution >= 4 is 35.0 Å². The summed E-state index contributed by atoms with van der Waals surface area (Å²) in [6.45, 7) is 6.11. The van der Waals surface area contributed by atoms with Crippen molar-refractivity contribution in [1.82, 2.24) is 10.2 Å². The van der Waals surface area contributed by atoms with Crippen LogP contribution in [0.3, 0.4) is 0 Å². The highest BCUT2D eigenvalue weighted by Crippen LogP contribution is 2.27. The van der Waals surface area contributed by atoms with Crippen LogP contribution in [0.1, 0.15) is 51.2 Å². The monoisotopic (exact) mass is 448 g/mol. The summed E-state index contributed by atoms with van der Waals surface area (Å²) in [7, 11) is 0. The Morgan fingerprint density at radius 1 is 1.00 bits per heavy atom. The number of halogens is 2. The molecule has 0 aromatic heterocycles. The molecule has 2 aromatic rings. The van der Waals surface area contributed by atoms with Gasteiger partial charge in [-0.3, -0.25) is 9.59 Å². The molecule has 2 amide bonds. The van der Waals surface area contributed by atoms with Gasteiger partial charge in [0, 0.05) is 41.0 Å². The van der Waals surface area contributed by atoms with Crippen molar-refractivity contribution in [1.29, 1.82) is 0 Å². The van der Waals surface area contributed by atoms with E-state index in [2.05, 4.69) is 5.32 Å². The molecule has 0 fully saturated rings. The Hall–Kier alpha value is -2.04. The van der Waals surface area contributed by atoms with Gasteiger partial charge in [-0.25, -0.2) is 0 Å². The van der Waals surface area contributed by atoms with Crippen LogP contribution < -0.4 is 5.32 Å². The molecule has 0 aliphatic heterocycles. The molecular formula is C24H30Cl2N2O2. The van der Waals surface area contributed by atoms with Crippen LogP contribution in [0.15, 0.2) is 48.5 Å². The van der Waals surface area contributed by atoms with E-state index in [1.54, 1.807) is 23.1 Å². The normalized spacial score (nSPS) is 12.8. The van der Waals surface area contributed by atoms with Crippen LogP contribution in [0.4, 0.5) is 0 Å². The average molecular weight is 449 g/mol. The molecule has 0 spiro atoms. The molecule has 2 atom stereocenters. The molecule has 0 saturated heterocycles. The molecule has 162 valence electrons. The Labute approximate surface area is 189 Å². The van der Waals surface area contributed by atoms with Crippen molar-refractivity contribution in [2.45, 2.75) is 65.1 Å². The van der Waals surface area contributed by atoms with Gasteiger partial charge in [0.15, 0.2) is 0 Å². The number of carbonyl (C=O) groups is 2. The van der Waals surface area contributed by atoms with Gasteiger partial charge < -0.3 is 10.2 Å². The Morgan fingerprint density at radius 2 is 1.63 bits per heavy atom. The maximum absolute atomic E-state index is 13.3. The van der Waals surface area contributed by atoms with Crippen molar-refractivity contribution in [2.24, 2.45) is 0 Å². The standard InChI is InChI=1S/C24H30Cl2N2O2/c1-4-10-23(29)28(16-19-20(25)13-9-14-21(19)26)22(24(30)27-17(3)5-2)15-18-11-7-6-8-12-18/h6-9,11-14,17,22H,4-5,10,15-16H2,1-3H3,(H,27,30)/t17-,22+/m1/s1. The maximum Gasteiger partial charge on any atom is 0.243 e. The van der Waals surface area contributed by atoms with Crippen LogP contribution in [0.25, 0.3) is 0 Å². The predicted molar refractivity (Wildman–Crippen MR) is 124 cm³/mol. The molecule has 0 aliphatic rings. The Kier molecular flexibility index (Phi) is 9.67. The van der Waals surface area contributed by atoms with Gasteiger partial charge in [-0.1, -0.05) is 73.4 Å². The van der Waals surface area contributed by atoms with Gasteiger partial charge in [-0.15, -0.1) is 0 Å². The highest BCUT2D eigenvalue weighted by molar-refractivity contribution is 6.36. The summed E-state index contributed by atoms with van der Waals surface area (Å²) in [5, 5.41) is 4.01. The number of amides is 2. The maximum atomic E-state index is 13.3. The SMILES string of the molecule is CCCC(=O)N(Cc1c(Cl)cccc1Cl)[C@@H](Cc1ccccc1)C(=O)N[C@H](C)CC. The van der Waals surface area contributed by atoms with Crippen molar-refractivity contribution in [3.8, 4) is 0 Å². The lowest BCUT2D eigenvalue weighted by atomic mass is 10.0. The van der Waals surface area contributed by atoms with E-state index in [-0.39, 0.29) is 24.4 Å². The van der Waals surface area contributed by atoms with Gasteiger partial charge in [0.05, 0.1) is 0 Å². The van der Waals surface area contributed by atoms with Crippen molar-refractivity contribution in [3.63, 3.8) is 0 Å². The van der Waals surface area contributed by atoms with E-state index in [0.717, 1.165) is 12.0 Å². The molecular weight excluding hydrogens is 419 g/mol. The fourth-order valence-electron chi connectivity index (χ4n) is 3.21. The minimum absolute atomic E-state index is 0.0165. The Morgan fingerprint density at radius 3 is 2.20 bits per heavy atom. The summed E-state index contributed by atoms with van der Waals surface area (Å²) >= 11 is 12.8. The third kappa shape index (κ3) is 6.75. The number of rotatable bonds is 10. The van der Waals surface area contributed by atoms with Crippen LogP contribution in [0.2, 0.25) is 10.0 Å². The van der Waals surface area contributed by atoms with Crippen LogP contribution in [0, 0.1) is 0 Å². The van der Waals surface area contributed by atoms with Crippen LogP contribution >= 0.6 is 23.2 Å². The molecule has 1 N–H and O–H groups in total. The first-order valence-electron chi connectivity index (χ1n) is 10.4. The number of benzene rings is 2. The van der Waals surface area contributed by atoms with E-state index in [4.69, 9.17) is 23.2 Å². The fourth-order valence-corrected chi connectivity index (χ4v) is 3.72. The van der Waals surface area contributed by atoms with Crippen molar-refractivity contribution < 1.29 is 9.59 Å². The Balaban J connectivity index is 2.44. The summed E-state index contributed by atoms with van der Waals surface area (Å²) in [5.41, 5.74) is 1.64. The van der Waals surface area contributed by atoms with E-state index in [1.807, 2.05) is 51.1 Å². The first kappa shape index (κ1) is 24.2. The molecule has 0 radical (unpaired) electrons. The summed E-state index contributed by atoms with van der Waals surface area (Å²) in [6, 6.07) is 14.3. The quantitative estimate of drug-likeness (QED) is 0.510. The summed E-state index contributed by atoms with van der Waals surface area (Å²) in [5.74, 6) is -0.255. The predicted octanol–water partition coefficient (Wildman–Crippen LogP) is 5.65. The second-order valence-electron chi connectivity index (χ2n) is 7.50. The molecule has 0 heterocycles. The lowest BCUT2D eigenvalue weighted by Gasteiger charge is -2.32. The van der Waals surface area contributed by atoms with Crippen molar-refractivity contribution in [2.75, 3.05) is 0 Å². The molecule has 6 heteroatoms. The topological polar surface area (TPSA) is 49.4 Å². The van der Waals surface area contributed by atoms with Crippen LogP contribution in [0.5, 0.6) is 0 Å². The number of nitrogens with zero attached hydrogens (tertiary/aromatic N) is 1. The third-order valence-electron chi connectivity index (χ3n) is 5.13. The zero-order valence-electron chi connectivity index (χ0n) is 17.8. The minimum Gasteiger partial charge on any atom is -0.352 e. The zero-order valence-corrected chi connectivity index (χ0v) is 19.3. The second-order valence-corrected chi connectivity index (χ2v) is 8.31. The lowest BCUT2D eigenvalue weighted by Crippen LogP contribution is -2.52. The first-order valence-corrected chi connectivity index (χ1v) is 11.2. The smallest absolute Gasteiger partial charge is 0.243 e. The molecule has 0 saturated carbocycles. The third-order valence-corrected chi connectivity index (χ3v) is 5.83.